The van der Waals surface area contributed by atoms with E-state index in [0.717, 1.165) is 11.4 Å². The van der Waals surface area contributed by atoms with E-state index in [1.54, 1.807) is 36.4 Å². The fraction of sp³-hybridized carbons (Fsp3) is 0.133. The summed E-state index contributed by atoms with van der Waals surface area (Å²) in [6.45, 7) is 2.55. The number of ether oxygens (including phenoxy) is 1. The first-order valence-corrected chi connectivity index (χ1v) is 6.09. The smallest absolute Gasteiger partial charge is 0.255 e. The number of hydrogen-bond acceptors (Lipinski definition) is 3. The molecule has 0 spiro atoms. The quantitative estimate of drug-likeness (QED) is 0.827. The summed E-state index contributed by atoms with van der Waals surface area (Å²) in [6.07, 6.45) is 0. The van der Waals surface area contributed by atoms with Crippen LogP contribution in [0.1, 0.15) is 17.3 Å². The normalized spacial score (nSPS) is 9.95. The van der Waals surface area contributed by atoms with Gasteiger partial charge in [0.15, 0.2) is 0 Å². The SMILES string of the molecule is CCOc1ccc(NC(=O)c2cccc(N)c2)cc1. The summed E-state index contributed by atoms with van der Waals surface area (Å²) in [5, 5.41) is 2.80. The molecule has 0 heterocycles. The molecule has 0 aliphatic heterocycles. The molecule has 0 fully saturated rings. The highest BCUT2D eigenvalue weighted by Crippen LogP contribution is 2.17. The zero-order valence-corrected chi connectivity index (χ0v) is 10.7. The lowest BCUT2D eigenvalue weighted by Gasteiger charge is -2.07. The number of benzene rings is 2. The van der Waals surface area contributed by atoms with Crippen molar-refractivity contribution < 1.29 is 9.53 Å². The third-order valence-electron chi connectivity index (χ3n) is 2.57. The minimum atomic E-state index is -0.184. The topological polar surface area (TPSA) is 64.3 Å². The van der Waals surface area contributed by atoms with Gasteiger partial charge < -0.3 is 15.8 Å². The van der Waals surface area contributed by atoms with Crippen LogP contribution in [0.15, 0.2) is 48.5 Å². The van der Waals surface area contributed by atoms with Crippen molar-refractivity contribution in [2.45, 2.75) is 6.92 Å². The molecule has 3 N–H and O–H groups in total. The monoisotopic (exact) mass is 256 g/mol. The van der Waals surface area contributed by atoms with Crippen LogP contribution in [0.3, 0.4) is 0 Å². The molecular formula is C15H16N2O2. The van der Waals surface area contributed by atoms with Gasteiger partial charge in [0.05, 0.1) is 6.61 Å². The van der Waals surface area contributed by atoms with Gasteiger partial charge in [-0.15, -0.1) is 0 Å². The van der Waals surface area contributed by atoms with Crippen LogP contribution in [-0.4, -0.2) is 12.5 Å². The molecular weight excluding hydrogens is 240 g/mol. The summed E-state index contributed by atoms with van der Waals surface area (Å²) in [7, 11) is 0. The molecule has 98 valence electrons. The zero-order chi connectivity index (χ0) is 13.7. The highest BCUT2D eigenvalue weighted by molar-refractivity contribution is 6.04. The van der Waals surface area contributed by atoms with Crippen LogP contribution >= 0.6 is 0 Å². The predicted octanol–water partition coefficient (Wildman–Crippen LogP) is 2.92. The van der Waals surface area contributed by atoms with Gasteiger partial charge in [0.2, 0.25) is 0 Å². The second-order valence-electron chi connectivity index (χ2n) is 4.04. The number of hydrogen-bond donors (Lipinski definition) is 2. The Bertz CT molecular complexity index is 565. The maximum Gasteiger partial charge on any atom is 0.255 e. The van der Waals surface area contributed by atoms with Gasteiger partial charge in [0, 0.05) is 16.9 Å². The lowest BCUT2D eigenvalue weighted by atomic mass is 10.2. The Labute approximate surface area is 112 Å². The molecule has 0 aromatic heterocycles. The highest BCUT2D eigenvalue weighted by atomic mass is 16.5. The number of nitrogens with one attached hydrogen (secondary N) is 1. The Hall–Kier alpha value is -2.49. The van der Waals surface area contributed by atoms with Crippen molar-refractivity contribution >= 4 is 17.3 Å². The van der Waals surface area contributed by atoms with Gasteiger partial charge in [-0.25, -0.2) is 0 Å². The summed E-state index contributed by atoms with van der Waals surface area (Å²) < 4.78 is 5.34. The standard InChI is InChI=1S/C15H16N2O2/c1-2-19-14-8-6-13(7-9-14)17-15(18)11-4-3-5-12(16)10-11/h3-10H,2,16H2,1H3,(H,17,18). The van der Waals surface area contributed by atoms with E-state index in [0.29, 0.717) is 17.9 Å². The van der Waals surface area contributed by atoms with Crippen molar-refractivity contribution in [1.82, 2.24) is 0 Å². The number of nitrogens with two attached hydrogens (primary N) is 1. The summed E-state index contributed by atoms with van der Waals surface area (Å²) in [5.41, 5.74) is 7.47. The second kappa shape index (κ2) is 5.91. The van der Waals surface area contributed by atoms with Crippen LogP contribution in [0, 0.1) is 0 Å². The van der Waals surface area contributed by atoms with E-state index in [2.05, 4.69) is 5.32 Å². The van der Waals surface area contributed by atoms with Crippen molar-refractivity contribution in [3.8, 4) is 5.75 Å². The van der Waals surface area contributed by atoms with Gasteiger partial charge in [-0.3, -0.25) is 4.79 Å². The molecule has 2 rings (SSSR count). The van der Waals surface area contributed by atoms with E-state index in [4.69, 9.17) is 10.5 Å². The number of rotatable bonds is 4. The summed E-state index contributed by atoms with van der Waals surface area (Å²) in [6, 6.07) is 14.1. The summed E-state index contributed by atoms with van der Waals surface area (Å²) in [4.78, 5) is 12.0. The van der Waals surface area contributed by atoms with Crippen LogP contribution in [0.25, 0.3) is 0 Å². The zero-order valence-electron chi connectivity index (χ0n) is 10.7. The molecule has 0 atom stereocenters. The molecule has 1 amide bonds. The number of amides is 1. The van der Waals surface area contributed by atoms with Crippen LogP contribution in [-0.2, 0) is 0 Å². The lowest BCUT2D eigenvalue weighted by Crippen LogP contribution is -2.12. The molecule has 0 saturated carbocycles. The molecule has 0 aliphatic rings. The largest absolute Gasteiger partial charge is 0.494 e. The fourth-order valence-corrected chi connectivity index (χ4v) is 1.68. The molecule has 0 saturated heterocycles. The van der Waals surface area contributed by atoms with Crippen molar-refractivity contribution in [1.29, 1.82) is 0 Å². The Kier molecular flexibility index (Phi) is 4.03. The third kappa shape index (κ3) is 3.48. The van der Waals surface area contributed by atoms with E-state index >= 15 is 0 Å². The predicted molar refractivity (Wildman–Crippen MR) is 76.4 cm³/mol. The maximum absolute atomic E-state index is 12.0. The molecule has 0 bridgehead atoms. The van der Waals surface area contributed by atoms with E-state index in [-0.39, 0.29) is 5.91 Å². The number of carbonyl (C=O) groups excluding carboxylic acids is 1. The molecule has 19 heavy (non-hydrogen) atoms. The van der Waals surface area contributed by atoms with Gasteiger partial charge in [-0.05, 0) is 49.4 Å². The van der Waals surface area contributed by atoms with Crippen molar-refractivity contribution in [3.63, 3.8) is 0 Å². The first-order valence-electron chi connectivity index (χ1n) is 6.09. The maximum atomic E-state index is 12.0. The number of carbonyl (C=O) groups is 1. The Morgan fingerprint density at radius 3 is 2.58 bits per heavy atom. The van der Waals surface area contributed by atoms with E-state index in [1.165, 1.54) is 0 Å². The average Bonchev–Trinajstić information content (AvgIpc) is 2.41. The molecule has 4 nitrogen and oxygen atoms in total. The third-order valence-corrected chi connectivity index (χ3v) is 2.57. The van der Waals surface area contributed by atoms with Gasteiger partial charge >= 0.3 is 0 Å². The first-order chi connectivity index (χ1) is 9.19. The first kappa shape index (κ1) is 13.0. The second-order valence-corrected chi connectivity index (χ2v) is 4.04. The molecule has 4 heteroatoms. The average molecular weight is 256 g/mol. The summed E-state index contributed by atoms with van der Waals surface area (Å²) >= 11 is 0. The van der Waals surface area contributed by atoms with Crippen molar-refractivity contribution in [3.05, 3.63) is 54.1 Å². The van der Waals surface area contributed by atoms with E-state index in [1.807, 2.05) is 19.1 Å². The van der Waals surface area contributed by atoms with E-state index in [9.17, 15) is 4.79 Å². The molecule has 2 aromatic rings. The highest BCUT2D eigenvalue weighted by Gasteiger charge is 2.06. The van der Waals surface area contributed by atoms with Gasteiger partial charge in [-0.2, -0.15) is 0 Å². The van der Waals surface area contributed by atoms with Crippen LogP contribution in [0.5, 0.6) is 5.75 Å². The van der Waals surface area contributed by atoms with Gasteiger partial charge in [-0.1, -0.05) is 6.07 Å². The van der Waals surface area contributed by atoms with Crippen LogP contribution in [0.4, 0.5) is 11.4 Å². The molecule has 0 unspecified atom stereocenters. The van der Waals surface area contributed by atoms with Crippen molar-refractivity contribution in [2.75, 3.05) is 17.7 Å². The van der Waals surface area contributed by atoms with Gasteiger partial charge in [0.1, 0.15) is 5.75 Å². The number of anilines is 2. The summed E-state index contributed by atoms with van der Waals surface area (Å²) in [5.74, 6) is 0.598. The Morgan fingerprint density at radius 2 is 1.95 bits per heavy atom. The molecule has 0 aliphatic carbocycles. The minimum Gasteiger partial charge on any atom is -0.494 e. The van der Waals surface area contributed by atoms with E-state index < -0.39 is 0 Å². The van der Waals surface area contributed by atoms with Crippen LogP contribution < -0.4 is 15.8 Å². The van der Waals surface area contributed by atoms with Gasteiger partial charge in [0.25, 0.3) is 5.91 Å². The molecule has 2 aromatic carbocycles. The Morgan fingerprint density at radius 1 is 1.21 bits per heavy atom. The molecule has 0 radical (unpaired) electrons. The lowest BCUT2D eigenvalue weighted by molar-refractivity contribution is 0.102. The number of nitrogen functional groups attached to an aromatic ring is 1. The Balaban J connectivity index is 2.06. The van der Waals surface area contributed by atoms with Crippen LogP contribution in [0.2, 0.25) is 0 Å². The van der Waals surface area contributed by atoms with Crippen molar-refractivity contribution in [2.24, 2.45) is 0 Å². The fourth-order valence-electron chi connectivity index (χ4n) is 1.68. The minimum absolute atomic E-state index is 0.184.